The number of amidine groups is 1. The van der Waals surface area contributed by atoms with Crippen molar-refractivity contribution in [2.75, 3.05) is 26.7 Å². The van der Waals surface area contributed by atoms with Crippen molar-refractivity contribution in [3.05, 3.63) is 62.5 Å². The minimum absolute atomic E-state index is 0.197. The average molecular weight is 463 g/mol. The van der Waals surface area contributed by atoms with Crippen molar-refractivity contribution in [3.8, 4) is 0 Å². The minimum atomic E-state index is -0.744. The Morgan fingerprint density at radius 1 is 1.42 bits per heavy atom. The number of halogens is 2. The van der Waals surface area contributed by atoms with E-state index in [0.29, 0.717) is 34.2 Å². The Morgan fingerprint density at radius 3 is 2.84 bits per heavy atom. The molecule has 162 valence electrons. The molecular formula is C21H20ClFN4O3S. The quantitative estimate of drug-likeness (QED) is 0.688. The Bertz CT molecular complexity index is 1060. The topological polar surface area (TPSA) is 76.0 Å². The number of morpholine rings is 1. The van der Waals surface area contributed by atoms with Crippen LogP contribution in [0.2, 0.25) is 5.02 Å². The van der Waals surface area contributed by atoms with Crippen LogP contribution in [0.15, 0.2) is 46.0 Å². The number of piperidine rings is 1. The summed E-state index contributed by atoms with van der Waals surface area (Å²) in [5.74, 6) is -0.419. The van der Waals surface area contributed by atoms with Crippen molar-refractivity contribution in [1.29, 1.82) is 0 Å². The number of carbonyl (C=O) groups is 1. The number of hydrogen-bond donors (Lipinski definition) is 1. The molecular weight excluding hydrogens is 443 g/mol. The molecule has 0 amide bonds. The number of ether oxygens (including phenoxy) is 2. The number of aliphatic imine (C=N–C) groups is 1. The minimum Gasteiger partial charge on any atom is -0.466 e. The van der Waals surface area contributed by atoms with Gasteiger partial charge in [-0.3, -0.25) is 9.89 Å². The maximum Gasteiger partial charge on any atom is 0.338 e. The van der Waals surface area contributed by atoms with Gasteiger partial charge in [-0.25, -0.2) is 14.2 Å². The molecule has 5 heterocycles. The molecule has 31 heavy (non-hydrogen) atoms. The van der Waals surface area contributed by atoms with E-state index in [1.54, 1.807) is 12.3 Å². The monoisotopic (exact) mass is 462 g/mol. The van der Waals surface area contributed by atoms with Gasteiger partial charge in [0.2, 0.25) is 0 Å². The standard InChI is InChI=1S/C21H20ClFN4O3S/c1-29-21(28)17-16(10-27-8-12-7-13(9-27)30-12)25-19(20-24-4-5-31-20)26-18(17)14-3-2-11(23)6-15(14)22/h2-6,12-13,18H,7-10H2,1H3,(H,25,26)/t12?,13?,18-/m0/s1. The van der Waals surface area contributed by atoms with Gasteiger partial charge in [-0.2, -0.15) is 0 Å². The lowest BCUT2D eigenvalue weighted by atomic mass is 9.94. The first-order valence-corrected chi connectivity index (χ1v) is 11.2. The Kier molecular flexibility index (Phi) is 5.51. The molecule has 4 aliphatic heterocycles. The smallest absolute Gasteiger partial charge is 0.338 e. The van der Waals surface area contributed by atoms with Gasteiger partial charge in [0, 0.05) is 53.9 Å². The molecule has 1 aromatic heterocycles. The maximum absolute atomic E-state index is 13.7. The molecule has 3 atom stereocenters. The molecule has 1 N–H and O–H groups in total. The number of nitrogens with one attached hydrogen (secondary N) is 1. The summed E-state index contributed by atoms with van der Waals surface area (Å²) in [5.41, 5.74) is 1.57. The molecule has 4 aliphatic rings. The fourth-order valence-corrected chi connectivity index (χ4v) is 5.12. The van der Waals surface area contributed by atoms with Gasteiger partial charge in [-0.05, 0) is 12.1 Å². The first kappa shape index (κ1) is 20.6. The molecule has 3 saturated heterocycles. The van der Waals surface area contributed by atoms with E-state index >= 15 is 0 Å². The van der Waals surface area contributed by atoms with E-state index in [9.17, 15) is 9.18 Å². The SMILES string of the molecule is COC(=O)C1=C(CN2CC3CC(C2)O3)NC(c2nccs2)=N[C@H]1c1ccc(F)cc1Cl. The van der Waals surface area contributed by atoms with Gasteiger partial charge in [0.05, 0.1) is 24.9 Å². The molecule has 0 saturated carbocycles. The number of fused-ring (bicyclic) bond motifs is 2. The van der Waals surface area contributed by atoms with Crippen molar-refractivity contribution < 1.29 is 18.7 Å². The molecule has 0 spiro atoms. The highest BCUT2D eigenvalue weighted by Crippen LogP contribution is 2.37. The van der Waals surface area contributed by atoms with Crippen LogP contribution in [-0.2, 0) is 14.3 Å². The molecule has 10 heteroatoms. The molecule has 6 rings (SSSR count). The summed E-state index contributed by atoms with van der Waals surface area (Å²) in [7, 11) is 1.33. The van der Waals surface area contributed by atoms with Gasteiger partial charge in [0.25, 0.3) is 0 Å². The molecule has 2 aromatic rings. The summed E-state index contributed by atoms with van der Waals surface area (Å²) >= 11 is 7.80. The zero-order chi connectivity index (χ0) is 21.5. The molecule has 0 radical (unpaired) electrons. The first-order valence-electron chi connectivity index (χ1n) is 9.90. The molecule has 2 unspecified atom stereocenters. The predicted octanol–water partition coefficient (Wildman–Crippen LogP) is 2.93. The number of aromatic nitrogens is 1. The third kappa shape index (κ3) is 3.98. The molecule has 1 aromatic carbocycles. The van der Waals surface area contributed by atoms with Gasteiger partial charge in [-0.15, -0.1) is 11.3 Å². The third-order valence-electron chi connectivity index (χ3n) is 5.64. The highest BCUT2D eigenvalue weighted by molar-refractivity contribution is 7.11. The summed E-state index contributed by atoms with van der Waals surface area (Å²) in [4.78, 5) is 24.2. The van der Waals surface area contributed by atoms with Crippen molar-refractivity contribution in [3.63, 3.8) is 0 Å². The van der Waals surface area contributed by atoms with Gasteiger partial charge in [0.15, 0.2) is 10.8 Å². The number of carbonyl (C=O) groups excluding carboxylic acids is 1. The molecule has 0 aliphatic carbocycles. The normalized spacial score (nSPS) is 25.5. The van der Waals surface area contributed by atoms with Crippen LogP contribution in [0.4, 0.5) is 4.39 Å². The number of methoxy groups -OCH3 is 1. The van der Waals surface area contributed by atoms with E-state index in [0.717, 1.165) is 19.5 Å². The molecule has 2 bridgehead atoms. The number of nitrogens with zero attached hydrogens (tertiary/aromatic N) is 3. The van der Waals surface area contributed by atoms with Crippen LogP contribution >= 0.6 is 22.9 Å². The third-order valence-corrected chi connectivity index (χ3v) is 6.75. The van der Waals surface area contributed by atoms with Gasteiger partial charge < -0.3 is 14.8 Å². The number of benzene rings is 1. The van der Waals surface area contributed by atoms with E-state index in [-0.39, 0.29) is 17.2 Å². The van der Waals surface area contributed by atoms with E-state index in [4.69, 9.17) is 26.1 Å². The summed E-state index contributed by atoms with van der Waals surface area (Å²) in [6, 6.07) is 3.35. The average Bonchev–Trinajstić information content (AvgIpc) is 3.27. The van der Waals surface area contributed by atoms with Gasteiger partial charge in [-0.1, -0.05) is 17.7 Å². The van der Waals surface area contributed by atoms with E-state index in [1.165, 1.54) is 30.6 Å². The summed E-state index contributed by atoms with van der Waals surface area (Å²) < 4.78 is 24.5. The fraction of sp³-hybridized carbons (Fsp3) is 0.381. The lowest BCUT2D eigenvalue weighted by Crippen LogP contribution is -2.58. The number of esters is 1. The van der Waals surface area contributed by atoms with E-state index in [2.05, 4.69) is 15.2 Å². The zero-order valence-electron chi connectivity index (χ0n) is 16.7. The van der Waals surface area contributed by atoms with Crippen LogP contribution in [0.5, 0.6) is 0 Å². The molecule has 3 fully saturated rings. The summed E-state index contributed by atoms with van der Waals surface area (Å²) in [6.45, 7) is 2.09. The Hall–Kier alpha value is -2.33. The van der Waals surface area contributed by atoms with Gasteiger partial charge >= 0.3 is 5.97 Å². The lowest BCUT2D eigenvalue weighted by molar-refractivity contribution is -0.179. The largest absolute Gasteiger partial charge is 0.466 e. The van der Waals surface area contributed by atoms with Crippen LogP contribution in [0.3, 0.4) is 0 Å². The van der Waals surface area contributed by atoms with E-state index in [1.807, 2.05) is 5.38 Å². The highest BCUT2D eigenvalue weighted by atomic mass is 35.5. The number of rotatable bonds is 5. The second-order valence-electron chi connectivity index (χ2n) is 7.70. The van der Waals surface area contributed by atoms with Crippen molar-refractivity contribution in [1.82, 2.24) is 15.2 Å². The number of thiazole rings is 1. The Balaban J connectivity index is 1.58. The van der Waals surface area contributed by atoms with Crippen LogP contribution in [0, 0.1) is 5.82 Å². The van der Waals surface area contributed by atoms with Crippen LogP contribution in [0.25, 0.3) is 0 Å². The fourth-order valence-electron chi connectivity index (χ4n) is 4.26. The van der Waals surface area contributed by atoms with Crippen molar-refractivity contribution >= 4 is 34.7 Å². The van der Waals surface area contributed by atoms with Crippen LogP contribution < -0.4 is 5.32 Å². The Morgan fingerprint density at radius 2 is 2.19 bits per heavy atom. The van der Waals surface area contributed by atoms with Crippen LogP contribution in [0.1, 0.15) is 23.0 Å². The second kappa shape index (κ2) is 8.31. The lowest BCUT2D eigenvalue weighted by Gasteiger charge is -2.47. The molecule has 7 nitrogen and oxygen atoms in total. The summed E-state index contributed by atoms with van der Waals surface area (Å²) in [6.07, 6.45) is 3.24. The van der Waals surface area contributed by atoms with Crippen molar-refractivity contribution in [2.24, 2.45) is 4.99 Å². The van der Waals surface area contributed by atoms with E-state index < -0.39 is 17.8 Å². The van der Waals surface area contributed by atoms with Crippen LogP contribution in [-0.4, -0.2) is 60.6 Å². The van der Waals surface area contributed by atoms with Gasteiger partial charge in [0.1, 0.15) is 11.9 Å². The predicted molar refractivity (Wildman–Crippen MR) is 115 cm³/mol. The highest BCUT2D eigenvalue weighted by Gasteiger charge is 2.40. The second-order valence-corrected chi connectivity index (χ2v) is 9.00. The first-order chi connectivity index (χ1) is 15.0. The maximum atomic E-state index is 13.7. The number of hydrogen-bond acceptors (Lipinski definition) is 8. The Labute approximate surface area is 187 Å². The summed E-state index contributed by atoms with van der Waals surface area (Å²) in [5, 5.41) is 6.05. The zero-order valence-corrected chi connectivity index (χ0v) is 18.3. The van der Waals surface area contributed by atoms with Crippen molar-refractivity contribution in [2.45, 2.75) is 24.7 Å².